The van der Waals surface area contributed by atoms with E-state index in [4.69, 9.17) is 0 Å². The highest BCUT2D eigenvalue weighted by molar-refractivity contribution is 4.83. The van der Waals surface area contributed by atoms with Crippen LogP contribution in [0.4, 0.5) is 0 Å². The van der Waals surface area contributed by atoms with Gasteiger partial charge >= 0.3 is 0 Å². The molecular weight excluding hydrogens is 160 g/mol. The molecule has 13 heavy (non-hydrogen) atoms. The Morgan fingerprint density at radius 1 is 1.46 bits per heavy atom. The summed E-state index contributed by atoms with van der Waals surface area (Å²) in [7, 11) is 0. The fourth-order valence-corrected chi connectivity index (χ4v) is 2.35. The lowest BCUT2D eigenvalue weighted by molar-refractivity contribution is 0.148. The molecule has 76 valence electrons. The Bertz CT molecular complexity index is 165. The Balaban J connectivity index is 1.76. The summed E-state index contributed by atoms with van der Waals surface area (Å²) < 4.78 is 0. The van der Waals surface area contributed by atoms with Crippen molar-refractivity contribution in [2.24, 2.45) is 5.92 Å². The van der Waals surface area contributed by atoms with Crippen LogP contribution in [-0.4, -0.2) is 36.6 Å². The van der Waals surface area contributed by atoms with E-state index in [0.29, 0.717) is 6.04 Å². The van der Waals surface area contributed by atoms with E-state index in [1.54, 1.807) is 0 Å². The van der Waals surface area contributed by atoms with E-state index >= 15 is 0 Å². The van der Waals surface area contributed by atoms with Gasteiger partial charge in [0, 0.05) is 31.7 Å². The first kappa shape index (κ1) is 9.47. The van der Waals surface area contributed by atoms with Crippen LogP contribution in [0.3, 0.4) is 0 Å². The molecule has 1 N–H and O–H groups in total. The number of rotatable bonds is 3. The van der Waals surface area contributed by atoms with Crippen molar-refractivity contribution in [1.29, 1.82) is 0 Å². The topological polar surface area (TPSA) is 15.3 Å². The van der Waals surface area contributed by atoms with Crippen molar-refractivity contribution in [2.45, 2.75) is 45.2 Å². The average molecular weight is 182 g/mol. The average Bonchev–Trinajstić information content (AvgIpc) is 2.88. The van der Waals surface area contributed by atoms with Crippen LogP contribution >= 0.6 is 0 Å². The molecule has 0 bridgehead atoms. The lowest BCUT2D eigenvalue weighted by atomic mass is 10.1. The maximum atomic E-state index is 3.49. The van der Waals surface area contributed by atoms with Crippen LogP contribution in [0.15, 0.2) is 0 Å². The Labute approximate surface area is 81.7 Å². The molecule has 1 saturated carbocycles. The molecule has 2 rings (SSSR count). The summed E-state index contributed by atoms with van der Waals surface area (Å²) in [6.45, 7) is 8.36. The lowest BCUT2D eigenvalue weighted by Crippen LogP contribution is -2.52. The maximum Gasteiger partial charge on any atom is 0.0167 e. The zero-order valence-corrected chi connectivity index (χ0v) is 8.92. The fraction of sp³-hybridized carbons (Fsp3) is 1.00. The quantitative estimate of drug-likeness (QED) is 0.711. The molecule has 0 radical (unpaired) electrons. The highest BCUT2D eigenvalue weighted by Crippen LogP contribution is 2.34. The second-order valence-electron chi connectivity index (χ2n) is 4.88. The van der Waals surface area contributed by atoms with E-state index in [1.165, 1.54) is 38.9 Å². The molecule has 0 aromatic rings. The van der Waals surface area contributed by atoms with Gasteiger partial charge in [-0.05, 0) is 26.2 Å². The molecule has 0 spiro atoms. The van der Waals surface area contributed by atoms with Crippen molar-refractivity contribution in [3.63, 3.8) is 0 Å². The SMILES string of the molecule is CC1CN(C(C)CC2CC2)CCN1. The summed E-state index contributed by atoms with van der Waals surface area (Å²) in [5.41, 5.74) is 0. The van der Waals surface area contributed by atoms with Gasteiger partial charge in [0.05, 0.1) is 0 Å². The summed E-state index contributed by atoms with van der Waals surface area (Å²) in [5.74, 6) is 1.07. The summed E-state index contributed by atoms with van der Waals surface area (Å²) in [6, 6.07) is 1.51. The molecule has 1 aliphatic heterocycles. The number of piperazine rings is 1. The van der Waals surface area contributed by atoms with Crippen molar-refractivity contribution < 1.29 is 0 Å². The number of hydrogen-bond donors (Lipinski definition) is 1. The Hall–Kier alpha value is -0.0800. The first-order valence-corrected chi connectivity index (χ1v) is 5.73. The zero-order valence-electron chi connectivity index (χ0n) is 8.92. The third kappa shape index (κ3) is 2.68. The molecule has 2 nitrogen and oxygen atoms in total. The molecule has 1 aliphatic carbocycles. The number of nitrogens with one attached hydrogen (secondary N) is 1. The first-order chi connectivity index (χ1) is 6.25. The molecule has 2 fully saturated rings. The molecule has 0 aromatic carbocycles. The van der Waals surface area contributed by atoms with Gasteiger partial charge < -0.3 is 5.32 Å². The monoisotopic (exact) mass is 182 g/mol. The summed E-state index contributed by atoms with van der Waals surface area (Å²) in [6.07, 6.45) is 4.42. The van der Waals surface area contributed by atoms with Gasteiger partial charge in [-0.15, -0.1) is 0 Å². The van der Waals surface area contributed by atoms with Gasteiger partial charge in [0.15, 0.2) is 0 Å². The van der Waals surface area contributed by atoms with Gasteiger partial charge in [-0.25, -0.2) is 0 Å². The third-order valence-electron chi connectivity index (χ3n) is 3.39. The summed E-state index contributed by atoms with van der Waals surface area (Å²) in [5, 5.41) is 3.49. The highest BCUT2D eigenvalue weighted by atomic mass is 15.2. The van der Waals surface area contributed by atoms with Crippen LogP contribution in [0.25, 0.3) is 0 Å². The van der Waals surface area contributed by atoms with E-state index in [2.05, 4.69) is 24.1 Å². The molecule has 1 heterocycles. The van der Waals surface area contributed by atoms with Crippen molar-refractivity contribution in [1.82, 2.24) is 10.2 Å². The third-order valence-corrected chi connectivity index (χ3v) is 3.39. The van der Waals surface area contributed by atoms with E-state index in [9.17, 15) is 0 Å². The minimum Gasteiger partial charge on any atom is -0.312 e. The van der Waals surface area contributed by atoms with Gasteiger partial charge in [0.2, 0.25) is 0 Å². The molecular formula is C11H22N2. The highest BCUT2D eigenvalue weighted by Gasteiger charge is 2.27. The Morgan fingerprint density at radius 2 is 2.23 bits per heavy atom. The van der Waals surface area contributed by atoms with Crippen LogP contribution in [0, 0.1) is 5.92 Å². The van der Waals surface area contributed by atoms with Crippen LogP contribution in [0.5, 0.6) is 0 Å². The Morgan fingerprint density at radius 3 is 2.85 bits per heavy atom. The summed E-state index contributed by atoms with van der Waals surface area (Å²) in [4.78, 5) is 2.65. The van der Waals surface area contributed by atoms with Crippen molar-refractivity contribution >= 4 is 0 Å². The van der Waals surface area contributed by atoms with Crippen molar-refractivity contribution in [3.05, 3.63) is 0 Å². The summed E-state index contributed by atoms with van der Waals surface area (Å²) >= 11 is 0. The zero-order chi connectivity index (χ0) is 9.26. The van der Waals surface area contributed by atoms with Gasteiger partial charge in [-0.3, -0.25) is 4.90 Å². The van der Waals surface area contributed by atoms with Crippen LogP contribution in [-0.2, 0) is 0 Å². The van der Waals surface area contributed by atoms with Crippen LogP contribution in [0.1, 0.15) is 33.1 Å². The van der Waals surface area contributed by atoms with Gasteiger partial charge in [0.25, 0.3) is 0 Å². The van der Waals surface area contributed by atoms with E-state index in [-0.39, 0.29) is 0 Å². The second kappa shape index (κ2) is 3.97. The minimum absolute atomic E-state index is 0.690. The first-order valence-electron chi connectivity index (χ1n) is 5.73. The molecule has 0 amide bonds. The smallest absolute Gasteiger partial charge is 0.0167 e. The molecule has 0 aromatic heterocycles. The van der Waals surface area contributed by atoms with Crippen molar-refractivity contribution in [3.8, 4) is 0 Å². The number of hydrogen-bond acceptors (Lipinski definition) is 2. The van der Waals surface area contributed by atoms with Crippen LogP contribution < -0.4 is 5.32 Å². The molecule has 1 saturated heterocycles. The van der Waals surface area contributed by atoms with Crippen LogP contribution in [0.2, 0.25) is 0 Å². The lowest BCUT2D eigenvalue weighted by Gasteiger charge is -2.36. The predicted molar refractivity (Wildman–Crippen MR) is 55.8 cm³/mol. The Kier molecular flexibility index (Phi) is 2.89. The molecule has 2 aliphatic rings. The predicted octanol–water partition coefficient (Wildman–Crippen LogP) is 1.47. The van der Waals surface area contributed by atoms with E-state index < -0.39 is 0 Å². The maximum absolute atomic E-state index is 3.49. The molecule has 2 heteroatoms. The standard InChI is InChI=1S/C11H22N2/c1-9-8-13(6-5-12-9)10(2)7-11-3-4-11/h9-12H,3-8H2,1-2H3. The molecule has 2 atom stereocenters. The number of nitrogens with zero attached hydrogens (tertiary/aromatic N) is 1. The normalized spacial score (nSPS) is 33.2. The second-order valence-corrected chi connectivity index (χ2v) is 4.88. The van der Waals surface area contributed by atoms with Gasteiger partial charge in [-0.2, -0.15) is 0 Å². The van der Waals surface area contributed by atoms with Gasteiger partial charge in [-0.1, -0.05) is 12.8 Å². The van der Waals surface area contributed by atoms with E-state index in [1.807, 2.05) is 0 Å². The van der Waals surface area contributed by atoms with E-state index in [0.717, 1.165) is 12.0 Å². The minimum atomic E-state index is 0.690. The van der Waals surface area contributed by atoms with Crippen molar-refractivity contribution in [2.75, 3.05) is 19.6 Å². The fourth-order valence-electron chi connectivity index (χ4n) is 2.35. The largest absolute Gasteiger partial charge is 0.312 e. The molecule has 2 unspecified atom stereocenters. The van der Waals surface area contributed by atoms with Gasteiger partial charge in [0.1, 0.15) is 0 Å².